The van der Waals surface area contributed by atoms with Crippen molar-refractivity contribution in [2.24, 2.45) is 17.8 Å². The van der Waals surface area contributed by atoms with Gasteiger partial charge in [-0.05, 0) is 87.3 Å². The molecule has 1 aliphatic carbocycles. The number of carboxylic acids is 1. The van der Waals surface area contributed by atoms with E-state index in [1.807, 2.05) is 0 Å². The summed E-state index contributed by atoms with van der Waals surface area (Å²) in [6.45, 7) is 14.2. The molecule has 0 unspecified atom stereocenters. The second kappa shape index (κ2) is 16.8. The summed E-state index contributed by atoms with van der Waals surface area (Å²) >= 11 is 0. The lowest BCUT2D eigenvalue weighted by molar-refractivity contribution is -0.139. The van der Waals surface area contributed by atoms with Crippen LogP contribution in [0.25, 0.3) is 0 Å². The summed E-state index contributed by atoms with van der Waals surface area (Å²) in [6, 6.07) is 3.15. The van der Waals surface area contributed by atoms with Gasteiger partial charge >= 0.3 is 12.0 Å². The molecule has 226 valence electrons. The molecular formula is C31H53N5O4. The predicted octanol–water partition coefficient (Wildman–Crippen LogP) is 4.66. The van der Waals surface area contributed by atoms with Gasteiger partial charge in [0.05, 0.1) is 6.61 Å². The number of unbranched alkanes of at least 4 members (excludes halogenated alkanes) is 1. The van der Waals surface area contributed by atoms with Crippen molar-refractivity contribution in [2.45, 2.75) is 85.1 Å². The fourth-order valence-electron chi connectivity index (χ4n) is 5.14. The van der Waals surface area contributed by atoms with E-state index in [2.05, 4.69) is 55.4 Å². The average molecular weight is 560 g/mol. The van der Waals surface area contributed by atoms with Crippen LogP contribution in [0.1, 0.15) is 77.5 Å². The van der Waals surface area contributed by atoms with Gasteiger partial charge in [0.1, 0.15) is 11.9 Å². The Morgan fingerprint density at radius 2 is 1.85 bits per heavy atom. The third-order valence-electron chi connectivity index (χ3n) is 7.50. The smallest absolute Gasteiger partial charge is 0.326 e. The van der Waals surface area contributed by atoms with Gasteiger partial charge in [0.25, 0.3) is 0 Å². The number of fused-ring (bicyclic) bond motifs is 1. The maximum atomic E-state index is 13.0. The molecule has 1 aromatic heterocycles. The van der Waals surface area contributed by atoms with Crippen LogP contribution < -0.4 is 10.6 Å². The number of carboxylic acid groups (broad SMARTS) is 1. The van der Waals surface area contributed by atoms with Gasteiger partial charge in [-0.15, -0.1) is 0 Å². The molecule has 40 heavy (non-hydrogen) atoms. The monoisotopic (exact) mass is 559 g/mol. The third-order valence-corrected chi connectivity index (χ3v) is 7.50. The second-order valence-electron chi connectivity index (χ2n) is 12.5. The molecule has 2 aliphatic rings. The number of amides is 2. The Hall–Kier alpha value is -2.39. The predicted molar refractivity (Wildman–Crippen MR) is 160 cm³/mol. The fraction of sp³-hybridized carbons (Fsp3) is 0.774. The van der Waals surface area contributed by atoms with Crippen LogP contribution in [0.3, 0.4) is 0 Å². The Kier molecular flexibility index (Phi) is 13.5. The lowest BCUT2D eigenvalue weighted by Gasteiger charge is -2.29. The van der Waals surface area contributed by atoms with E-state index in [9.17, 15) is 14.7 Å². The van der Waals surface area contributed by atoms with Crippen LogP contribution in [0.15, 0.2) is 12.1 Å². The summed E-state index contributed by atoms with van der Waals surface area (Å²) in [4.78, 5) is 33.9. The summed E-state index contributed by atoms with van der Waals surface area (Å²) < 4.78 is 5.89. The first kappa shape index (κ1) is 32.1. The van der Waals surface area contributed by atoms with Crippen LogP contribution >= 0.6 is 0 Å². The SMILES string of the molecule is CC(C)CN(CC(C)C)C(=O)N[C@H](CCN(CCCCc1ccc2c(n1)NCCC2)CCOCC1CC1)C(=O)O. The highest BCUT2D eigenvalue weighted by Gasteiger charge is 2.25. The van der Waals surface area contributed by atoms with Crippen LogP contribution in [0.2, 0.25) is 0 Å². The molecule has 0 aromatic carbocycles. The number of urea groups is 1. The normalized spacial score (nSPS) is 15.7. The minimum Gasteiger partial charge on any atom is -0.480 e. The number of aromatic nitrogens is 1. The van der Waals surface area contributed by atoms with E-state index in [0.717, 1.165) is 75.8 Å². The Labute approximate surface area is 241 Å². The Morgan fingerprint density at radius 3 is 2.52 bits per heavy atom. The topological polar surface area (TPSA) is 107 Å². The van der Waals surface area contributed by atoms with Gasteiger partial charge < -0.3 is 30.3 Å². The zero-order valence-electron chi connectivity index (χ0n) is 25.3. The summed E-state index contributed by atoms with van der Waals surface area (Å²) in [7, 11) is 0. The van der Waals surface area contributed by atoms with Crippen molar-refractivity contribution in [3.05, 3.63) is 23.4 Å². The molecule has 0 radical (unpaired) electrons. The van der Waals surface area contributed by atoms with E-state index in [1.165, 1.54) is 18.4 Å². The minimum absolute atomic E-state index is 0.291. The zero-order valence-corrected chi connectivity index (χ0v) is 25.3. The zero-order chi connectivity index (χ0) is 28.9. The Bertz CT molecular complexity index is 911. The highest BCUT2D eigenvalue weighted by atomic mass is 16.5. The van der Waals surface area contributed by atoms with E-state index in [1.54, 1.807) is 4.90 Å². The van der Waals surface area contributed by atoms with E-state index in [0.29, 0.717) is 44.5 Å². The van der Waals surface area contributed by atoms with Gasteiger partial charge in [-0.1, -0.05) is 33.8 Å². The molecule has 0 bridgehead atoms. The molecule has 1 fully saturated rings. The molecule has 1 atom stereocenters. The van der Waals surface area contributed by atoms with Crippen molar-refractivity contribution in [2.75, 3.05) is 57.8 Å². The molecule has 1 aliphatic heterocycles. The van der Waals surface area contributed by atoms with Crippen LogP contribution in [0, 0.1) is 17.8 Å². The fourth-order valence-corrected chi connectivity index (χ4v) is 5.14. The number of nitrogens with zero attached hydrogens (tertiary/aromatic N) is 3. The summed E-state index contributed by atoms with van der Waals surface area (Å²) in [5.41, 5.74) is 2.43. The van der Waals surface area contributed by atoms with Crippen molar-refractivity contribution in [1.29, 1.82) is 0 Å². The largest absolute Gasteiger partial charge is 0.480 e. The molecule has 2 amide bonds. The van der Waals surface area contributed by atoms with Crippen LogP contribution in [0.4, 0.5) is 10.6 Å². The van der Waals surface area contributed by atoms with Gasteiger partial charge in [-0.2, -0.15) is 0 Å². The molecule has 0 saturated heterocycles. The highest BCUT2D eigenvalue weighted by molar-refractivity contribution is 5.82. The standard InChI is InChI=1S/C31H53N5O4/c1-23(2)20-36(21-24(3)4)31(39)34-28(30(37)38)14-17-35(18-19-40-22-25-10-11-25)16-6-5-9-27-13-12-26-8-7-15-32-29(26)33-27/h12-13,23-25,28H,5-11,14-22H2,1-4H3,(H,32,33)(H,34,39)(H,37,38)/t28-/m1/s1. The molecule has 9 heteroatoms. The summed E-state index contributed by atoms with van der Waals surface area (Å²) in [6.07, 6.45) is 8.09. The Balaban J connectivity index is 1.49. The van der Waals surface area contributed by atoms with E-state index >= 15 is 0 Å². The molecule has 3 N–H and O–H groups in total. The van der Waals surface area contributed by atoms with Gasteiger partial charge in [-0.25, -0.2) is 14.6 Å². The number of hydrogen-bond acceptors (Lipinski definition) is 6. The second-order valence-corrected chi connectivity index (χ2v) is 12.5. The van der Waals surface area contributed by atoms with E-state index in [-0.39, 0.29) is 6.03 Å². The summed E-state index contributed by atoms with van der Waals surface area (Å²) in [5.74, 6) is 1.40. The van der Waals surface area contributed by atoms with Gasteiger partial charge in [-0.3, -0.25) is 0 Å². The maximum absolute atomic E-state index is 13.0. The minimum atomic E-state index is -0.987. The number of carbonyl (C=O) groups is 2. The molecule has 1 aromatic rings. The number of hydrogen-bond donors (Lipinski definition) is 3. The van der Waals surface area contributed by atoms with Crippen molar-refractivity contribution < 1.29 is 19.4 Å². The van der Waals surface area contributed by atoms with Crippen LogP contribution in [-0.4, -0.2) is 90.4 Å². The molecule has 9 nitrogen and oxygen atoms in total. The maximum Gasteiger partial charge on any atom is 0.326 e. The lowest BCUT2D eigenvalue weighted by atomic mass is 10.1. The first-order chi connectivity index (χ1) is 19.2. The van der Waals surface area contributed by atoms with Crippen molar-refractivity contribution in [1.82, 2.24) is 20.1 Å². The number of anilines is 1. The van der Waals surface area contributed by atoms with Crippen LogP contribution in [0.5, 0.6) is 0 Å². The number of rotatable bonds is 19. The van der Waals surface area contributed by atoms with E-state index in [4.69, 9.17) is 9.72 Å². The quantitative estimate of drug-likeness (QED) is 0.212. The molecule has 2 heterocycles. The van der Waals surface area contributed by atoms with Gasteiger partial charge in [0.2, 0.25) is 0 Å². The van der Waals surface area contributed by atoms with Gasteiger partial charge in [0, 0.05) is 45.0 Å². The summed E-state index contributed by atoms with van der Waals surface area (Å²) in [5, 5.41) is 16.1. The van der Waals surface area contributed by atoms with Gasteiger partial charge in [0.15, 0.2) is 0 Å². The first-order valence-electron chi connectivity index (χ1n) is 15.5. The number of aryl methyl sites for hydroxylation is 2. The average Bonchev–Trinajstić information content (AvgIpc) is 3.74. The first-order valence-corrected chi connectivity index (χ1v) is 15.5. The number of nitrogens with one attached hydrogen (secondary N) is 2. The Morgan fingerprint density at radius 1 is 1.10 bits per heavy atom. The number of pyridine rings is 1. The molecule has 3 rings (SSSR count). The molecule has 0 spiro atoms. The molecular weight excluding hydrogens is 506 g/mol. The third kappa shape index (κ3) is 12.0. The number of carbonyl (C=O) groups excluding carboxylic acids is 1. The molecule has 1 saturated carbocycles. The van der Waals surface area contributed by atoms with E-state index < -0.39 is 12.0 Å². The number of ether oxygens (including phenoxy) is 1. The highest BCUT2D eigenvalue weighted by Crippen LogP contribution is 2.28. The lowest BCUT2D eigenvalue weighted by Crippen LogP contribution is -2.50. The van der Waals surface area contributed by atoms with Crippen molar-refractivity contribution in [3.63, 3.8) is 0 Å². The van der Waals surface area contributed by atoms with Crippen molar-refractivity contribution in [3.8, 4) is 0 Å². The van der Waals surface area contributed by atoms with Crippen molar-refractivity contribution >= 4 is 17.8 Å². The van der Waals surface area contributed by atoms with Crippen LogP contribution in [-0.2, 0) is 22.4 Å². The number of aliphatic carboxylic acids is 1.